The van der Waals surface area contributed by atoms with Crippen LogP contribution in [0.25, 0.3) is 0 Å². The molecule has 16 nitrogen and oxygen atoms in total. The average molecular weight is 847 g/mol. The molecular formula is C42H55O16P. The monoisotopic (exact) mass is 846 g/mol. The van der Waals surface area contributed by atoms with Gasteiger partial charge in [-0.15, -0.1) is 0 Å². The van der Waals surface area contributed by atoms with Gasteiger partial charge in [-0.3, -0.25) is 23.7 Å². The minimum absolute atomic E-state index is 0.0534. The van der Waals surface area contributed by atoms with Crippen LogP contribution in [0, 0.1) is 0 Å². The second-order valence-corrected chi connectivity index (χ2v) is 16.4. The van der Waals surface area contributed by atoms with Crippen molar-refractivity contribution in [2.75, 3.05) is 54.9 Å². The van der Waals surface area contributed by atoms with Crippen LogP contribution >= 0.6 is 7.60 Å². The number of benzene rings is 2. The topological polar surface area (TPSA) is 195 Å². The lowest BCUT2D eigenvalue weighted by molar-refractivity contribution is -0.179. The highest BCUT2D eigenvalue weighted by Crippen LogP contribution is 2.53. The summed E-state index contributed by atoms with van der Waals surface area (Å²) < 4.78 is 64.0. The Morgan fingerprint density at radius 2 is 1.08 bits per heavy atom. The molecule has 1 atom stereocenters. The second kappa shape index (κ2) is 23.5. The highest BCUT2D eigenvalue weighted by Gasteiger charge is 2.43. The first-order chi connectivity index (χ1) is 28.4. The zero-order chi connectivity index (χ0) is 42.7. The van der Waals surface area contributed by atoms with Crippen molar-refractivity contribution in [2.45, 2.75) is 94.7 Å². The van der Waals surface area contributed by atoms with Crippen LogP contribution in [0.2, 0.25) is 0 Å². The molecule has 4 fully saturated rings. The van der Waals surface area contributed by atoms with Crippen molar-refractivity contribution in [1.29, 1.82) is 0 Å². The summed E-state index contributed by atoms with van der Waals surface area (Å²) >= 11 is 0. The van der Waals surface area contributed by atoms with Gasteiger partial charge in [0, 0.05) is 58.3 Å². The maximum absolute atomic E-state index is 12.3. The Kier molecular flexibility index (Phi) is 18.9. The highest BCUT2D eigenvalue weighted by molar-refractivity contribution is 7.55. The number of esters is 4. The van der Waals surface area contributed by atoms with Crippen LogP contribution in [0.1, 0.15) is 75.3 Å². The van der Waals surface area contributed by atoms with Crippen molar-refractivity contribution in [1.82, 2.24) is 0 Å². The van der Waals surface area contributed by atoms with E-state index < -0.39 is 49.3 Å². The molecule has 0 amide bonds. The fourth-order valence-electron chi connectivity index (χ4n) is 6.86. The Morgan fingerprint density at radius 1 is 0.644 bits per heavy atom. The molecule has 0 bridgehead atoms. The van der Waals surface area contributed by atoms with E-state index in [2.05, 4.69) is 4.74 Å². The molecular weight excluding hydrogens is 791 g/mol. The van der Waals surface area contributed by atoms with Gasteiger partial charge in [0.25, 0.3) is 0 Å². The number of rotatable bonds is 13. The first kappa shape index (κ1) is 47.4. The molecule has 2 spiro atoms. The van der Waals surface area contributed by atoms with Crippen molar-refractivity contribution in [2.24, 2.45) is 0 Å². The van der Waals surface area contributed by atoms with Gasteiger partial charge >= 0.3 is 31.5 Å². The Balaban J connectivity index is 0.000000210. The van der Waals surface area contributed by atoms with Crippen molar-refractivity contribution in [3.8, 4) is 0 Å². The van der Waals surface area contributed by atoms with E-state index in [0.29, 0.717) is 76.3 Å². The van der Waals surface area contributed by atoms with Gasteiger partial charge in [-0.1, -0.05) is 66.2 Å². The second-order valence-electron chi connectivity index (χ2n) is 13.9. The maximum atomic E-state index is 12.3. The van der Waals surface area contributed by atoms with Crippen LogP contribution < -0.4 is 0 Å². The largest absolute Gasteiger partial charge is 0.468 e. The molecule has 1 unspecified atom stereocenters. The minimum atomic E-state index is -3.79. The molecule has 2 aliphatic carbocycles. The summed E-state index contributed by atoms with van der Waals surface area (Å²) in [7, 11) is 0.930. The van der Waals surface area contributed by atoms with Gasteiger partial charge in [-0.2, -0.15) is 0 Å². The molecule has 2 saturated heterocycles. The Bertz CT molecular complexity index is 1730. The number of Topliss-reactive ketones (excluding diaryl/α,β-unsaturated/α-hetero) is 1. The van der Waals surface area contributed by atoms with E-state index in [0.717, 1.165) is 50.9 Å². The normalized spacial score (nSPS) is 18.4. The summed E-state index contributed by atoms with van der Waals surface area (Å²) in [6, 6.07) is 18.5. The fraction of sp³-hybridized carbons (Fsp3) is 0.548. The van der Waals surface area contributed by atoms with E-state index >= 15 is 0 Å². The fourth-order valence-corrected chi connectivity index (χ4v) is 8.25. The number of ketones is 1. The molecule has 0 N–H and O–H groups in total. The van der Waals surface area contributed by atoms with Crippen molar-refractivity contribution < 1.29 is 75.5 Å². The predicted octanol–water partition coefficient (Wildman–Crippen LogP) is 5.93. The lowest BCUT2D eigenvalue weighted by Crippen LogP contribution is -2.35. The lowest BCUT2D eigenvalue weighted by Gasteiger charge is -2.33. The third-order valence-corrected chi connectivity index (χ3v) is 12.4. The summed E-state index contributed by atoms with van der Waals surface area (Å²) in [5.41, 5.74) is 1.67. The first-order valence-electron chi connectivity index (χ1n) is 19.4. The number of hydrogen-bond acceptors (Lipinski definition) is 16. The molecule has 59 heavy (non-hydrogen) atoms. The molecule has 2 aliphatic heterocycles. The van der Waals surface area contributed by atoms with E-state index in [1.54, 1.807) is 12.1 Å². The number of carbonyl (C=O) groups excluding carboxylic acids is 5. The summed E-state index contributed by atoms with van der Waals surface area (Å²) in [4.78, 5) is 58.9. The van der Waals surface area contributed by atoms with Crippen LogP contribution in [0.5, 0.6) is 0 Å². The van der Waals surface area contributed by atoms with Gasteiger partial charge in [-0.25, -0.2) is 4.79 Å². The average Bonchev–Trinajstić information content (AvgIpc) is 3.95. The highest BCUT2D eigenvalue weighted by atomic mass is 31.2. The van der Waals surface area contributed by atoms with Crippen molar-refractivity contribution >= 4 is 37.3 Å². The lowest BCUT2D eigenvalue weighted by atomic mass is 9.86. The summed E-state index contributed by atoms with van der Waals surface area (Å²) in [6.07, 6.45) is 4.89. The third-order valence-electron chi connectivity index (χ3n) is 10.2. The maximum Gasteiger partial charge on any atom is 0.344 e. The molecule has 2 heterocycles. The van der Waals surface area contributed by atoms with Gasteiger partial charge in [0.05, 0.1) is 53.5 Å². The van der Waals surface area contributed by atoms with E-state index in [4.69, 9.17) is 42.2 Å². The number of hydrogen-bond donors (Lipinski definition) is 0. The molecule has 4 aliphatic rings. The van der Waals surface area contributed by atoms with Crippen LogP contribution in [-0.4, -0.2) is 102 Å². The molecule has 2 saturated carbocycles. The Labute approximate surface area is 344 Å². The van der Waals surface area contributed by atoms with E-state index in [1.807, 2.05) is 48.5 Å². The summed E-state index contributed by atoms with van der Waals surface area (Å²) in [5.74, 6) is -3.00. The Hall–Kier alpha value is -4.28. The smallest absolute Gasteiger partial charge is 0.344 e. The Morgan fingerprint density at radius 3 is 1.51 bits per heavy atom. The molecule has 324 valence electrons. The first-order valence-corrected chi connectivity index (χ1v) is 21.1. The zero-order valence-electron chi connectivity index (χ0n) is 34.1. The molecule has 0 radical (unpaired) electrons. The van der Waals surface area contributed by atoms with Gasteiger partial charge in [-0.05, 0) is 24.0 Å². The number of carbonyl (C=O) groups is 5. The summed E-state index contributed by atoms with van der Waals surface area (Å²) in [6.45, 7) is 2.83. The van der Waals surface area contributed by atoms with E-state index in [1.165, 1.54) is 7.11 Å². The van der Waals surface area contributed by atoms with Crippen LogP contribution in [0.3, 0.4) is 0 Å². The van der Waals surface area contributed by atoms with Crippen LogP contribution in [0.4, 0.5) is 0 Å². The van der Waals surface area contributed by atoms with Crippen molar-refractivity contribution in [3.63, 3.8) is 0 Å². The number of allylic oxidation sites excluding steroid dienone is 1. The molecule has 17 heteroatoms. The molecule has 2 aromatic rings. The standard InChI is InChI=1S/C20H24O6.C14H19O7P.C8H12O3/c1-23-19(22)17(13-18(21)24-14-15-5-3-2-4-6-15)16-7-9-20(10-8-16)25-11-12-26-20;1-18-14(16)12(22(17,19-2)20-3)9-13(15)21-10-11-7-5-4-6-8-11;9-7-1-3-8(4-2-7)10-5-6-11-8/h2-6H,7-14H2,1H3;4-8,12H,9-10H2,1-3H3;1-6H2. The number of methoxy groups -OCH3 is 2. The van der Waals surface area contributed by atoms with E-state index in [9.17, 15) is 28.5 Å². The summed E-state index contributed by atoms with van der Waals surface area (Å²) in [5, 5.41) is 0. The SMILES string of the molecule is COC(=O)C(CC(=O)OCc1ccccc1)=C1CCC2(CC1)OCCO2.COC(=O)C(CC(=O)OCc1ccccc1)P(=O)(OC)OC.O=C1CCC2(CC1)OCCO2. The molecule has 0 aromatic heterocycles. The predicted molar refractivity (Wildman–Crippen MR) is 209 cm³/mol. The van der Waals surface area contributed by atoms with Crippen LogP contribution in [-0.2, 0) is 88.7 Å². The van der Waals surface area contributed by atoms with Gasteiger partial charge in [0.1, 0.15) is 19.0 Å². The van der Waals surface area contributed by atoms with Gasteiger partial charge in [0.15, 0.2) is 17.2 Å². The zero-order valence-corrected chi connectivity index (χ0v) is 35.0. The molecule has 2 aromatic carbocycles. The quantitative estimate of drug-likeness (QED) is 0.0996. The minimum Gasteiger partial charge on any atom is -0.468 e. The third kappa shape index (κ3) is 14.5. The van der Waals surface area contributed by atoms with Gasteiger partial charge < -0.3 is 46.9 Å². The van der Waals surface area contributed by atoms with Crippen molar-refractivity contribution in [3.05, 3.63) is 82.9 Å². The van der Waals surface area contributed by atoms with E-state index in [-0.39, 0.29) is 25.4 Å². The number of ether oxygens (including phenoxy) is 8. The van der Waals surface area contributed by atoms with Crippen LogP contribution in [0.15, 0.2) is 71.8 Å². The molecule has 6 rings (SSSR count). The van der Waals surface area contributed by atoms with Gasteiger partial charge in [0.2, 0.25) is 0 Å².